The lowest BCUT2D eigenvalue weighted by Crippen LogP contribution is -2.25. The molecule has 0 bridgehead atoms. The topological polar surface area (TPSA) is 43.4 Å². The molecule has 136 valence electrons. The van der Waals surface area contributed by atoms with Gasteiger partial charge in [0.2, 0.25) is 0 Å². The Labute approximate surface area is 143 Å². The molecule has 1 atom stereocenters. The van der Waals surface area contributed by atoms with Gasteiger partial charge in [0, 0.05) is 0 Å². The van der Waals surface area contributed by atoms with E-state index in [1.807, 2.05) is 13.8 Å². The average Bonchev–Trinajstić information content (AvgIpc) is 2.50. The van der Waals surface area contributed by atoms with Crippen molar-refractivity contribution < 1.29 is 14.3 Å². The van der Waals surface area contributed by atoms with Crippen molar-refractivity contribution in [3.63, 3.8) is 0 Å². The maximum absolute atomic E-state index is 11.9. The van der Waals surface area contributed by atoms with Crippen molar-refractivity contribution in [3.05, 3.63) is 0 Å². The number of carbonyl (C=O) groups excluding carboxylic acids is 2. The van der Waals surface area contributed by atoms with Gasteiger partial charge >= 0.3 is 5.97 Å². The first-order valence-electron chi connectivity index (χ1n) is 9.66. The highest BCUT2D eigenvalue weighted by Crippen LogP contribution is 2.16. The summed E-state index contributed by atoms with van der Waals surface area (Å²) in [5.74, 6) is -0.636. The molecule has 0 amide bonds. The summed E-state index contributed by atoms with van der Waals surface area (Å²) in [4.78, 5) is 23.6. The molecule has 0 fully saturated rings. The molecule has 23 heavy (non-hydrogen) atoms. The first-order chi connectivity index (χ1) is 11.0. The lowest BCUT2D eigenvalue weighted by atomic mass is 9.97. The largest absolute Gasteiger partial charge is 0.465 e. The van der Waals surface area contributed by atoms with Crippen LogP contribution in [-0.2, 0) is 14.3 Å². The Balaban J connectivity index is 3.69. The molecular formula is C20H38O3. The monoisotopic (exact) mass is 326 g/mol. The van der Waals surface area contributed by atoms with E-state index in [-0.39, 0.29) is 11.8 Å². The third kappa shape index (κ3) is 13.3. The fourth-order valence-corrected chi connectivity index (χ4v) is 2.67. The molecular weight excluding hydrogens is 288 g/mol. The van der Waals surface area contributed by atoms with Crippen LogP contribution >= 0.6 is 0 Å². The van der Waals surface area contributed by atoms with Crippen molar-refractivity contribution in [1.82, 2.24) is 0 Å². The second-order valence-electron chi connectivity index (χ2n) is 7.16. The van der Waals surface area contributed by atoms with Crippen molar-refractivity contribution in [3.8, 4) is 0 Å². The number of unbranched alkanes of at least 4 members (excludes halogenated alkanes) is 9. The second kappa shape index (κ2) is 14.7. The van der Waals surface area contributed by atoms with Crippen molar-refractivity contribution in [1.29, 1.82) is 0 Å². The van der Waals surface area contributed by atoms with Crippen molar-refractivity contribution in [2.24, 2.45) is 11.8 Å². The summed E-state index contributed by atoms with van der Waals surface area (Å²) in [5.41, 5.74) is 0. The Morgan fingerprint density at radius 2 is 1.30 bits per heavy atom. The zero-order valence-corrected chi connectivity index (χ0v) is 15.9. The maximum Gasteiger partial charge on any atom is 0.316 e. The number of ketones is 1. The minimum Gasteiger partial charge on any atom is -0.465 e. The van der Waals surface area contributed by atoms with E-state index in [0.717, 1.165) is 12.8 Å². The molecule has 1 unspecified atom stereocenters. The van der Waals surface area contributed by atoms with E-state index in [1.165, 1.54) is 58.3 Å². The van der Waals surface area contributed by atoms with Crippen LogP contribution in [0.2, 0.25) is 0 Å². The molecule has 0 heterocycles. The summed E-state index contributed by atoms with van der Waals surface area (Å²) in [5, 5.41) is 0. The number of rotatable bonds is 15. The molecule has 0 radical (unpaired) electrons. The highest BCUT2D eigenvalue weighted by atomic mass is 16.5. The summed E-state index contributed by atoms with van der Waals surface area (Å²) in [7, 11) is 0. The summed E-state index contributed by atoms with van der Waals surface area (Å²) < 4.78 is 5.21. The highest BCUT2D eigenvalue weighted by Gasteiger charge is 2.24. The average molecular weight is 327 g/mol. The van der Waals surface area contributed by atoms with Gasteiger partial charge in [-0.05, 0) is 19.3 Å². The normalized spacial score (nSPS) is 12.4. The number of hydrogen-bond donors (Lipinski definition) is 0. The number of hydrogen-bond acceptors (Lipinski definition) is 3. The second-order valence-corrected chi connectivity index (χ2v) is 7.16. The van der Waals surface area contributed by atoms with E-state index in [4.69, 9.17) is 4.74 Å². The van der Waals surface area contributed by atoms with Crippen LogP contribution < -0.4 is 0 Å². The minimum absolute atomic E-state index is 0.0605. The molecule has 0 spiro atoms. The molecule has 0 N–H and O–H groups in total. The van der Waals surface area contributed by atoms with Gasteiger partial charge in [0.1, 0.15) is 11.7 Å². The number of carbonyl (C=O) groups is 2. The van der Waals surface area contributed by atoms with Gasteiger partial charge in [0.25, 0.3) is 0 Å². The summed E-state index contributed by atoms with van der Waals surface area (Å²) in [6.07, 6.45) is 13.2. The lowest BCUT2D eigenvalue weighted by Gasteiger charge is -2.14. The van der Waals surface area contributed by atoms with Gasteiger partial charge in [0.15, 0.2) is 0 Å². The van der Waals surface area contributed by atoms with Crippen LogP contribution in [0.3, 0.4) is 0 Å². The van der Waals surface area contributed by atoms with Crippen LogP contribution in [0, 0.1) is 11.8 Å². The zero-order chi connectivity index (χ0) is 17.5. The van der Waals surface area contributed by atoms with Crippen LogP contribution in [0.25, 0.3) is 0 Å². The van der Waals surface area contributed by atoms with E-state index in [0.29, 0.717) is 18.9 Å². The van der Waals surface area contributed by atoms with Gasteiger partial charge in [-0.15, -0.1) is 0 Å². The SMILES string of the molecule is CCCCCCCCCCCCC(C(C)=O)C(=O)OCC(C)C. The van der Waals surface area contributed by atoms with Crippen LogP contribution in [0.4, 0.5) is 0 Å². The van der Waals surface area contributed by atoms with E-state index >= 15 is 0 Å². The third-order valence-corrected chi connectivity index (χ3v) is 4.18. The Bertz CT molecular complexity index is 310. The fraction of sp³-hybridized carbons (Fsp3) is 0.900. The van der Waals surface area contributed by atoms with Gasteiger partial charge in [-0.1, -0.05) is 85.0 Å². The smallest absolute Gasteiger partial charge is 0.316 e. The molecule has 0 aromatic rings. The molecule has 0 aliphatic heterocycles. The van der Waals surface area contributed by atoms with Gasteiger partial charge in [-0.2, -0.15) is 0 Å². The quantitative estimate of drug-likeness (QED) is 0.220. The predicted molar refractivity (Wildman–Crippen MR) is 96.4 cm³/mol. The van der Waals surface area contributed by atoms with E-state index in [9.17, 15) is 9.59 Å². The molecule has 0 saturated carbocycles. The lowest BCUT2D eigenvalue weighted by molar-refractivity contribution is -0.152. The van der Waals surface area contributed by atoms with Crippen LogP contribution in [0.15, 0.2) is 0 Å². The van der Waals surface area contributed by atoms with Crippen LogP contribution in [-0.4, -0.2) is 18.4 Å². The number of esters is 1. The fourth-order valence-electron chi connectivity index (χ4n) is 2.67. The first kappa shape index (κ1) is 22.1. The molecule has 0 aromatic carbocycles. The van der Waals surface area contributed by atoms with Crippen molar-refractivity contribution >= 4 is 11.8 Å². The number of Topliss-reactive ketones (excluding diaryl/α,β-unsaturated/α-hetero) is 1. The zero-order valence-electron chi connectivity index (χ0n) is 15.9. The Morgan fingerprint density at radius 1 is 0.826 bits per heavy atom. The third-order valence-electron chi connectivity index (χ3n) is 4.18. The van der Waals surface area contributed by atoms with Crippen LogP contribution in [0.5, 0.6) is 0 Å². The molecule has 0 aliphatic carbocycles. The molecule has 3 heteroatoms. The van der Waals surface area contributed by atoms with E-state index in [2.05, 4.69) is 6.92 Å². The predicted octanol–water partition coefficient (Wildman–Crippen LogP) is 5.70. The molecule has 0 aliphatic rings. The maximum atomic E-state index is 11.9. The first-order valence-corrected chi connectivity index (χ1v) is 9.66. The molecule has 0 aromatic heterocycles. The van der Waals surface area contributed by atoms with Gasteiger partial charge < -0.3 is 4.74 Å². The highest BCUT2D eigenvalue weighted by molar-refractivity contribution is 5.97. The van der Waals surface area contributed by atoms with Gasteiger partial charge in [-0.3, -0.25) is 9.59 Å². The molecule has 0 saturated heterocycles. The Kier molecular flexibility index (Phi) is 14.2. The summed E-state index contributed by atoms with van der Waals surface area (Å²) >= 11 is 0. The van der Waals surface area contributed by atoms with Gasteiger partial charge in [-0.25, -0.2) is 0 Å². The van der Waals surface area contributed by atoms with E-state index in [1.54, 1.807) is 0 Å². The Hall–Kier alpha value is -0.860. The van der Waals surface area contributed by atoms with Crippen LogP contribution in [0.1, 0.15) is 98.3 Å². The number of ether oxygens (including phenoxy) is 1. The van der Waals surface area contributed by atoms with Crippen molar-refractivity contribution in [2.75, 3.05) is 6.61 Å². The standard InChI is InChI=1S/C20H38O3/c1-5-6-7-8-9-10-11-12-13-14-15-19(18(4)21)20(22)23-16-17(2)3/h17,19H,5-16H2,1-4H3. The molecule has 0 rings (SSSR count). The summed E-state index contributed by atoms with van der Waals surface area (Å²) in [6.45, 7) is 8.14. The van der Waals surface area contributed by atoms with Crippen molar-refractivity contribution in [2.45, 2.75) is 98.3 Å². The Morgan fingerprint density at radius 3 is 1.74 bits per heavy atom. The van der Waals surface area contributed by atoms with Gasteiger partial charge in [0.05, 0.1) is 6.61 Å². The summed E-state index contributed by atoms with van der Waals surface area (Å²) in [6, 6.07) is 0. The molecule has 3 nitrogen and oxygen atoms in total. The minimum atomic E-state index is -0.553. The van der Waals surface area contributed by atoms with E-state index < -0.39 is 5.92 Å².